The molecule has 0 spiro atoms. The molecule has 0 bridgehead atoms. The summed E-state index contributed by atoms with van der Waals surface area (Å²) < 4.78 is 38.3. The molecule has 0 heterocycles. The number of halogens is 2. The average molecular weight is 380 g/mol. The fraction of sp³-hybridized carbons (Fsp3) is 0.0625. The second-order valence-electron chi connectivity index (χ2n) is 4.56. The minimum Gasteiger partial charge on any atom is -0.223 e. The standard InChI is InChI=1S/C16H11BrFNO2S/c17-14-5-1-12(2-6-14)9-16(10-19)22(20,21)11-13-3-7-15(18)8-4-13/h1-9H,11H2/b16-9+. The molecule has 0 amide bonds. The summed E-state index contributed by atoms with van der Waals surface area (Å²) >= 11 is 3.28. The SMILES string of the molecule is N#C/C(=C\c1ccc(Br)cc1)S(=O)(=O)Cc1ccc(F)cc1. The largest absolute Gasteiger partial charge is 0.223 e. The first-order valence-electron chi connectivity index (χ1n) is 6.25. The molecule has 0 radical (unpaired) electrons. The predicted molar refractivity (Wildman–Crippen MR) is 86.8 cm³/mol. The first-order valence-corrected chi connectivity index (χ1v) is 8.70. The van der Waals surface area contributed by atoms with E-state index in [9.17, 15) is 12.8 Å². The Morgan fingerprint density at radius 2 is 1.73 bits per heavy atom. The van der Waals surface area contributed by atoms with E-state index in [1.54, 1.807) is 30.3 Å². The molecule has 0 saturated carbocycles. The summed E-state index contributed by atoms with van der Waals surface area (Å²) in [5.74, 6) is -0.782. The van der Waals surface area contributed by atoms with Crippen molar-refractivity contribution in [2.24, 2.45) is 0 Å². The van der Waals surface area contributed by atoms with E-state index < -0.39 is 15.7 Å². The van der Waals surface area contributed by atoms with Crippen LogP contribution in [0.15, 0.2) is 57.9 Å². The summed E-state index contributed by atoms with van der Waals surface area (Å²) in [7, 11) is -3.78. The van der Waals surface area contributed by atoms with Crippen molar-refractivity contribution in [2.45, 2.75) is 5.75 Å². The van der Waals surface area contributed by atoms with Gasteiger partial charge in [-0.25, -0.2) is 12.8 Å². The van der Waals surface area contributed by atoms with E-state index in [0.29, 0.717) is 11.1 Å². The molecule has 0 atom stereocenters. The molecule has 112 valence electrons. The van der Waals surface area contributed by atoms with Crippen LogP contribution in [0, 0.1) is 17.1 Å². The third kappa shape index (κ3) is 4.26. The zero-order chi connectivity index (χ0) is 16.2. The van der Waals surface area contributed by atoms with Gasteiger partial charge in [0.05, 0.1) is 5.75 Å². The predicted octanol–water partition coefficient (Wildman–Crippen LogP) is 4.07. The van der Waals surface area contributed by atoms with Crippen LogP contribution in [0.1, 0.15) is 11.1 Å². The van der Waals surface area contributed by atoms with E-state index in [1.807, 2.05) is 0 Å². The van der Waals surface area contributed by atoms with Gasteiger partial charge in [0.15, 0.2) is 9.84 Å². The Hall–Kier alpha value is -1.97. The lowest BCUT2D eigenvalue weighted by Crippen LogP contribution is -2.06. The van der Waals surface area contributed by atoms with Crippen molar-refractivity contribution in [3.05, 3.63) is 74.9 Å². The first-order chi connectivity index (χ1) is 10.4. The molecule has 2 aromatic rings. The van der Waals surface area contributed by atoms with E-state index in [1.165, 1.54) is 30.3 Å². The number of benzene rings is 2. The molecule has 3 nitrogen and oxygen atoms in total. The van der Waals surface area contributed by atoms with Crippen molar-refractivity contribution in [3.63, 3.8) is 0 Å². The summed E-state index contributed by atoms with van der Waals surface area (Å²) in [4.78, 5) is -0.320. The maximum Gasteiger partial charge on any atom is 0.192 e. The number of sulfone groups is 1. The second-order valence-corrected chi connectivity index (χ2v) is 7.43. The summed E-state index contributed by atoms with van der Waals surface area (Å²) in [5, 5.41) is 9.13. The van der Waals surface area contributed by atoms with Crippen LogP contribution in [0.4, 0.5) is 4.39 Å². The monoisotopic (exact) mass is 379 g/mol. The minimum atomic E-state index is -3.78. The van der Waals surface area contributed by atoms with Crippen molar-refractivity contribution in [3.8, 4) is 6.07 Å². The Kier molecular flexibility index (Phi) is 5.11. The fourth-order valence-electron chi connectivity index (χ4n) is 1.78. The van der Waals surface area contributed by atoms with E-state index in [-0.39, 0.29) is 10.7 Å². The van der Waals surface area contributed by atoms with Crippen LogP contribution >= 0.6 is 15.9 Å². The van der Waals surface area contributed by atoms with Gasteiger partial charge >= 0.3 is 0 Å². The molecule has 0 fully saturated rings. The van der Waals surface area contributed by atoms with Crippen LogP contribution in [-0.2, 0) is 15.6 Å². The van der Waals surface area contributed by atoms with Crippen molar-refractivity contribution < 1.29 is 12.8 Å². The van der Waals surface area contributed by atoms with Crippen molar-refractivity contribution >= 4 is 31.8 Å². The Balaban J connectivity index is 2.31. The highest BCUT2D eigenvalue weighted by atomic mass is 79.9. The topological polar surface area (TPSA) is 57.9 Å². The highest BCUT2D eigenvalue weighted by molar-refractivity contribution is 9.10. The Morgan fingerprint density at radius 1 is 1.14 bits per heavy atom. The average Bonchev–Trinajstić information content (AvgIpc) is 2.48. The number of nitriles is 1. The molecule has 2 aromatic carbocycles. The van der Waals surface area contributed by atoms with Gasteiger partial charge < -0.3 is 0 Å². The van der Waals surface area contributed by atoms with Crippen molar-refractivity contribution in [1.29, 1.82) is 5.26 Å². The number of nitrogens with zero attached hydrogens (tertiary/aromatic N) is 1. The number of rotatable bonds is 4. The van der Waals surface area contributed by atoms with Crippen LogP contribution in [0.3, 0.4) is 0 Å². The summed E-state index contributed by atoms with van der Waals surface area (Å²) in [6.45, 7) is 0. The molecule has 0 aliphatic heterocycles. The van der Waals surface area contributed by atoms with Crippen molar-refractivity contribution in [2.75, 3.05) is 0 Å². The van der Waals surface area contributed by atoms with Gasteiger partial charge in [0.2, 0.25) is 0 Å². The lowest BCUT2D eigenvalue weighted by atomic mass is 10.2. The summed E-state index contributed by atoms with van der Waals surface area (Å²) in [5.41, 5.74) is 1.04. The third-order valence-electron chi connectivity index (χ3n) is 2.88. The highest BCUT2D eigenvalue weighted by Crippen LogP contribution is 2.19. The highest BCUT2D eigenvalue weighted by Gasteiger charge is 2.18. The molecule has 22 heavy (non-hydrogen) atoms. The third-order valence-corrected chi connectivity index (χ3v) is 5.00. The number of allylic oxidation sites excluding steroid dienone is 1. The van der Waals surface area contributed by atoms with Crippen LogP contribution in [0.2, 0.25) is 0 Å². The Bertz CT molecular complexity index is 835. The lowest BCUT2D eigenvalue weighted by Gasteiger charge is -2.04. The summed E-state index contributed by atoms with van der Waals surface area (Å²) in [6.07, 6.45) is 1.32. The molecule has 0 aromatic heterocycles. The molecular weight excluding hydrogens is 369 g/mol. The molecule has 0 aliphatic rings. The maximum absolute atomic E-state index is 12.8. The molecule has 2 rings (SSSR count). The second kappa shape index (κ2) is 6.86. The maximum atomic E-state index is 12.8. The van der Waals surface area contributed by atoms with E-state index in [2.05, 4.69) is 15.9 Å². The normalized spacial score (nSPS) is 12.0. The van der Waals surface area contributed by atoms with Gasteiger partial charge in [0.1, 0.15) is 16.8 Å². The number of hydrogen-bond acceptors (Lipinski definition) is 3. The smallest absolute Gasteiger partial charge is 0.192 e. The zero-order valence-corrected chi connectivity index (χ0v) is 13.7. The Labute approximate surface area is 136 Å². The quantitative estimate of drug-likeness (QED) is 0.752. The number of hydrogen-bond donors (Lipinski definition) is 0. The summed E-state index contributed by atoms with van der Waals surface area (Å²) in [6, 6.07) is 13.8. The van der Waals surface area contributed by atoms with Crippen LogP contribution in [-0.4, -0.2) is 8.42 Å². The zero-order valence-electron chi connectivity index (χ0n) is 11.3. The van der Waals surface area contributed by atoms with E-state index >= 15 is 0 Å². The first kappa shape index (κ1) is 16.4. The molecule has 0 aliphatic carbocycles. The van der Waals surface area contributed by atoms with Gasteiger partial charge in [0.25, 0.3) is 0 Å². The fourth-order valence-corrected chi connectivity index (χ4v) is 3.29. The van der Waals surface area contributed by atoms with Crippen molar-refractivity contribution in [1.82, 2.24) is 0 Å². The van der Waals surface area contributed by atoms with Crippen LogP contribution in [0.5, 0.6) is 0 Å². The lowest BCUT2D eigenvalue weighted by molar-refractivity contribution is 0.602. The Morgan fingerprint density at radius 3 is 2.27 bits per heavy atom. The van der Waals surface area contributed by atoms with Gasteiger partial charge in [0, 0.05) is 4.47 Å². The molecule has 6 heteroatoms. The van der Waals surface area contributed by atoms with Gasteiger partial charge in [-0.15, -0.1) is 0 Å². The van der Waals surface area contributed by atoms with E-state index in [0.717, 1.165) is 4.47 Å². The van der Waals surface area contributed by atoms with Crippen LogP contribution < -0.4 is 0 Å². The molecule has 0 N–H and O–H groups in total. The van der Waals surface area contributed by atoms with Gasteiger partial charge in [-0.1, -0.05) is 40.2 Å². The van der Waals surface area contributed by atoms with Gasteiger partial charge in [-0.05, 0) is 41.5 Å². The van der Waals surface area contributed by atoms with Gasteiger partial charge in [-0.3, -0.25) is 0 Å². The van der Waals surface area contributed by atoms with Gasteiger partial charge in [-0.2, -0.15) is 5.26 Å². The molecule has 0 unspecified atom stereocenters. The van der Waals surface area contributed by atoms with Crippen LogP contribution in [0.25, 0.3) is 6.08 Å². The van der Waals surface area contributed by atoms with E-state index in [4.69, 9.17) is 5.26 Å². The molecule has 0 saturated heterocycles. The molecular formula is C16H11BrFNO2S. The minimum absolute atomic E-state index is 0.320.